The van der Waals surface area contributed by atoms with Gasteiger partial charge in [-0.15, -0.1) is 0 Å². The van der Waals surface area contributed by atoms with Crippen molar-refractivity contribution in [3.05, 3.63) is 52.0 Å². The number of phenolic OH excluding ortho intramolecular Hbond substituents is 1. The number of rotatable bonds is 2. The third kappa shape index (κ3) is 3.06. The third-order valence-corrected chi connectivity index (χ3v) is 3.15. The van der Waals surface area contributed by atoms with Gasteiger partial charge < -0.3 is 16.2 Å². The van der Waals surface area contributed by atoms with E-state index in [4.69, 9.17) is 5.73 Å². The molecule has 0 aromatic heterocycles. The third-order valence-electron chi connectivity index (χ3n) is 2.66. The Morgan fingerprint density at radius 2 is 2.00 bits per heavy atom. The Labute approximate surface area is 119 Å². The Kier molecular flexibility index (Phi) is 3.76. The number of hydrogen-bond donors (Lipinski definition) is 3. The average Bonchev–Trinajstić information content (AvgIpc) is 2.33. The largest absolute Gasteiger partial charge is 0.507 e. The van der Waals surface area contributed by atoms with E-state index < -0.39 is 5.91 Å². The molecule has 0 saturated carbocycles. The molecular formula is C14H13BrN2O2. The highest BCUT2D eigenvalue weighted by Gasteiger charge is 2.12. The van der Waals surface area contributed by atoms with Crippen molar-refractivity contribution in [3.8, 4) is 5.75 Å². The quantitative estimate of drug-likeness (QED) is 0.743. The van der Waals surface area contributed by atoms with E-state index in [1.807, 2.05) is 13.0 Å². The minimum absolute atomic E-state index is 0.0851. The van der Waals surface area contributed by atoms with E-state index in [1.54, 1.807) is 24.3 Å². The molecule has 19 heavy (non-hydrogen) atoms. The van der Waals surface area contributed by atoms with Crippen LogP contribution in [0.25, 0.3) is 0 Å². The van der Waals surface area contributed by atoms with Gasteiger partial charge in [0.05, 0.1) is 16.9 Å². The summed E-state index contributed by atoms with van der Waals surface area (Å²) >= 11 is 3.22. The summed E-state index contributed by atoms with van der Waals surface area (Å²) in [7, 11) is 0. The zero-order valence-electron chi connectivity index (χ0n) is 10.3. The summed E-state index contributed by atoms with van der Waals surface area (Å²) in [6, 6.07) is 10.1. The molecule has 2 rings (SSSR count). The highest BCUT2D eigenvalue weighted by atomic mass is 79.9. The van der Waals surface area contributed by atoms with Crippen molar-refractivity contribution in [2.45, 2.75) is 6.92 Å². The van der Waals surface area contributed by atoms with Gasteiger partial charge in [0.25, 0.3) is 5.91 Å². The van der Waals surface area contributed by atoms with Crippen molar-refractivity contribution >= 4 is 33.2 Å². The predicted octanol–water partition coefficient (Wildman–Crippen LogP) is 3.30. The molecule has 2 aromatic rings. The lowest BCUT2D eigenvalue weighted by Gasteiger charge is -2.10. The molecule has 0 aliphatic rings. The van der Waals surface area contributed by atoms with Gasteiger partial charge >= 0.3 is 0 Å². The number of carbonyl (C=O) groups excluding carboxylic acids is 1. The summed E-state index contributed by atoms with van der Waals surface area (Å²) in [6.45, 7) is 1.91. The van der Waals surface area contributed by atoms with Crippen molar-refractivity contribution in [2.75, 3.05) is 11.1 Å². The SMILES string of the molecule is Cc1ccc(N)c(NC(=O)c2ccc(Br)cc2O)c1. The molecule has 0 unspecified atom stereocenters. The topological polar surface area (TPSA) is 75.3 Å². The highest BCUT2D eigenvalue weighted by Crippen LogP contribution is 2.25. The number of anilines is 2. The fourth-order valence-corrected chi connectivity index (χ4v) is 2.01. The average molecular weight is 321 g/mol. The van der Waals surface area contributed by atoms with E-state index in [-0.39, 0.29) is 11.3 Å². The molecule has 1 amide bonds. The number of amides is 1. The fourth-order valence-electron chi connectivity index (χ4n) is 1.66. The maximum absolute atomic E-state index is 12.1. The van der Waals surface area contributed by atoms with E-state index in [0.29, 0.717) is 15.8 Å². The smallest absolute Gasteiger partial charge is 0.259 e. The summed E-state index contributed by atoms with van der Waals surface area (Å²) in [5.74, 6) is -0.486. The van der Waals surface area contributed by atoms with Crippen LogP contribution in [-0.2, 0) is 0 Å². The molecule has 0 aliphatic carbocycles. The summed E-state index contributed by atoms with van der Waals surface area (Å²) < 4.78 is 0.705. The Morgan fingerprint density at radius 1 is 1.26 bits per heavy atom. The lowest BCUT2D eigenvalue weighted by Crippen LogP contribution is -2.13. The van der Waals surface area contributed by atoms with E-state index in [2.05, 4.69) is 21.2 Å². The number of nitrogen functional groups attached to an aromatic ring is 1. The van der Waals surface area contributed by atoms with Crippen molar-refractivity contribution in [3.63, 3.8) is 0 Å². The number of halogens is 1. The van der Waals surface area contributed by atoms with E-state index in [1.165, 1.54) is 6.07 Å². The van der Waals surface area contributed by atoms with Crippen LogP contribution in [0.15, 0.2) is 40.9 Å². The molecule has 0 spiro atoms. The summed E-state index contributed by atoms with van der Waals surface area (Å²) in [5.41, 5.74) is 8.00. The molecule has 2 aromatic carbocycles. The Bertz CT molecular complexity index is 641. The Balaban J connectivity index is 2.28. The maximum atomic E-state index is 12.1. The normalized spacial score (nSPS) is 10.2. The first kappa shape index (κ1) is 13.4. The second-order valence-corrected chi connectivity index (χ2v) is 5.12. The minimum atomic E-state index is -0.401. The van der Waals surface area contributed by atoms with Crippen LogP contribution in [0.2, 0.25) is 0 Å². The molecule has 0 atom stereocenters. The molecular weight excluding hydrogens is 308 g/mol. The van der Waals surface area contributed by atoms with Gasteiger partial charge in [-0.05, 0) is 42.8 Å². The van der Waals surface area contributed by atoms with Gasteiger partial charge in [0, 0.05) is 4.47 Å². The Morgan fingerprint density at radius 3 is 2.68 bits per heavy atom. The first-order valence-electron chi connectivity index (χ1n) is 5.63. The van der Waals surface area contributed by atoms with E-state index in [9.17, 15) is 9.90 Å². The fraction of sp³-hybridized carbons (Fsp3) is 0.0714. The number of nitrogens with one attached hydrogen (secondary N) is 1. The molecule has 0 heterocycles. The molecule has 0 fully saturated rings. The zero-order valence-corrected chi connectivity index (χ0v) is 11.9. The van der Waals surface area contributed by atoms with Crippen LogP contribution in [0.5, 0.6) is 5.75 Å². The number of nitrogens with two attached hydrogens (primary N) is 1. The van der Waals surface area contributed by atoms with Crippen molar-refractivity contribution in [2.24, 2.45) is 0 Å². The van der Waals surface area contributed by atoms with Crippen molar-refractivity contribution in [1.29, 1.82) is 0 Å². The molecule has 4 nitrogen and oxygen atoms in total. The van der Waals surface area contributed by atoms with Crippen LogP contribution in [0.4, 0.5) is 11.4 Å². The van der Waals surface area contributed by atoms with Crippen LogP contribution in [0, 0.1) is 6.92 Å². The molecule has 98 valence electrons. The van der Waals surface area contributed by atoms with Crippen molar-refractivity contribution in [1.82, 2.24) is 0 Å². The number of aromatic hydroxyl groups is 1. The van der Waals surface area contributed by atoms with E-state index in [0.717, 1.165) is 5.56 Å². The highest BCUT2D eigenvalue weighted by molar-refractivity contribution is 9.10. The summed E-state index contributed by atoms with van der Waals surface area (Å²) in [5, 5.41) is 12.4. The lowest BCUT2D eigenvalue weighted by atomic mass is 10.1. The number of aryl methyl sites for hydroxylation is 1. The molecule has 0 bridgehead atoms. The number of benzene rings is 2. The number of phenols is 1. The lowest BCUT2D eigenvalue weighted by molar-refractivity contribution is 0.102. The van der Waals surface area contributed by atoms with E-state index >= 15 is 0 Å². The van der Waals surface area contributed by atoms with Gasteiger partial charge in [-0.25, -0.2) is 0 Å². The van der Waals surface area contributed by atoms with Gasteiger partial charge in [0.2, 0.25) is 0 Å². The molecule has 0 radical (unpaired) electrons. The summed E-state index contributed by atoms with van der Waals surface area (Å²) in [4.78, 5) is 12.1. The van der Waals surface area contributed by atoms with Crippen LogP contribution in [0.1, 0.15) is 15.9 Å². The summed E-state index contributed by atoms with van der Waals surface area (Å²) in [6.07, 6.45) is 0. The standard InChI is InChI=1S/C14H13BrN2O2/c1-8-2-5-11(16)12(6-8)17-14(19)10-4-3-9(15)7-13(10)18/h2-7,18H,16H2,1H3,(H,17,19). The Hall–Kier alpha value is -2.01. The monoisotopic (exact) mass is 320 g/mol. The van der Waals surface area contributed by atoms with Gasteiger partial charge in [0.15, 0.2) is 0 Å². The van der Waals surface area contributed by atoms with Crippen molar-refractivity contribution < 1.29 is 9.90 Å². The second-order valence-electron chi connectivity index (χ2n) is 4.21. The van der Waals surface area contributed by atoms with Crippen LogP contribution in [0.3, 0.4) is 0 Å². The van der Waals surface area contributed by atoms with Crippen LogP contribution < -0.4 is 11.1 Å². The molecule has 5 heteroatoms. The first-order valence-corrected chi connectivity index (χ1v) is 6.42. The van der Waals surface area contributed by atoms with Gasteiger partial charge in [-0.2, -0.15) is 0 Å². The number of hydrogen-bond acceptors (Lipinski definition) is 3. The maximum Gasteiger partial charge on any atom is 0.259 e. The van der Waals surface area contributed by atoms with Crippen LogP contribution >= 0.6 is 15.9 Å². The minimum Gasteiger partial charge on any atom is -0.507 e. The van der Waals surface area contributed by atoms with Gasteiger partial charge in [-0.1, -0.05) is 22.0 Å². The first-order chi connectivity index (χ1) is 8.97. The molecule has 0 saturated heterocycles. The van der Waals surface area contributed by atoms with Crippen LogP contribution in [-0.4, -0.2) is 11.0 Å². The molecule has 0 aliphatic heterocycles. The van der Waals surface area contributed by atoms with Gasteiger partial charge in [0.1, 0.15) is 5.75 Å². The number of carbonyl (C=O) groups is 1. The molecule has 4 N–H and O–H groups in total. The van der Waals surface area contributed by atoms with Gasteiger partial charge in [-0.3, -0.25) is 4.79 Å². The zero-order chi connectivity index (χ0) is 14.0. The predicted molar refractivity (Wildman–Crippen MR) is 79.4 cm³/mol. The second kappa shape index (κ2) is 5.32.